The molecule has 4 N–H and O–H groups in total. The summed E-state index contributed by atoms with van der Waals surface area (Å²) in [5, 5.41) is 19.1. The molecule has 1 aliphatic carbocycles. The molecule has 174 valence electrons. The van der Waals surface area contributed by atoms with E-state index in [1.54, 1.807) is 21.6 Å². The Bertz CT molecular complexity index is 839. The van der Waals surface area contributed by atoms with Gasteiger partial charge < -0.3 is 25.4 Å². The number of aliphatic hydroxyl groups excluding tert-OH is 2. The molecule has 1 saturated heterocycles. The van der Waals surface area contributed by atoms with Crippen LogP contribution in [0.1, 0.15) is 33.1 Å². The number of carbonyl (C=O) groups excluding carboxylic acids is 1. The van der Waals surface area contributed by atoms with Crippen LogP contribution in [0.15, 0.2) is 35.1 Å². The second-order valence-corrected chi connectivity index (χ2v) is 10.3. The molecule has 6 nitrogen and oxygen atoms in total. The SMILES string of the molecule is C#C/C=C\C#C[C@H](OC1CC(O)CC(C)O1)C1=C(N)C(=O)CC(C)/C1=C/CSSCCO. The minimum absolute atomic E-state index is 0.0424. The monoisotopic (exact) mass is 477 g/mol. The van der Waals surface area contributed by atoms with Crippen LogP contribution in [0, 0.1) is 30.1 Å². The van der Waals surface area contributed by atoms with Crippen molar-refractivity contribution in [3.63, 3.8) is 0 Å². The van der Waals surface area contributed by atoms with Crippen LogP contribution in [0.25, 0.3) is 0 Å². The molecule has 0 aromatic heterocycles. The van der Waals surface area contributed by atoms with Crippen LogP contribution in [-0.4, -0.2) is 58.7 Å². The Morgan fingerprint density at radius 2 is 2.12 bits per heavy atom. The zero-order valence-corrected chi connectivity index (χ0v) is 20.1. The Morgan fingerprint density at radius 3 is 2.81 bits per heavy atom. The molecule has 4 unspecified atom stereocenters. The first kappa shape index (κ1) is 26.6. The zero-order chi connectivity index (χ0) is 23.5. The molecular weight excluding hydrogens is 446 g/mol. The molecule has 0 radical (unpaired) electrons. The predicted octanol–water partition coefficient (Wildman–Crippen LogP) is 2.57. The van der Waals surface area contributed by atoms with E-state index in [2.05, 4.69) is 17.8 Å². The summed E-state index contributed by atoms with van der Waals surface area (Å²) in [7, 11) is 3.19. The molecular formula is C24H31NO5S2. The van der Waals surface area contributed by atoms with Gasteiger partial charge in [-0.15, -0.1) is 6.42 Å². The summed E-state index contributed by atoms with van der Waals surface area (Å²) in [5.74, 6) is 9.42. The van der Waals surface area contributed by atoms with Gasteiger partial charge in [0.05, 0.1) is 24.5 Å². The molecule has 2 rings (SSSR count). The van der Waals surface area contributed by atoms with E-state index >= 15 is 0 Å². The summed E-state index contributed by atoms with van der Waals surface area (Å²) < 4.78 is 12.0. The number of hydrogen-bond acceptors (Lipinski definition) is 8. The van der Waals surface area contributed by atoms with Crippen LogP contribution in [0.3, 0.4) is 0 Å². The van der Waals surface area contributed by atoms with Crippen LogP contribution >= 0.6 is 21.6 Å². The number of rotatable bonds is 8. The van der Waals surface area contributed by atoms with Crippen LogP contribution < -0.4 is 5.73 Å². The van der Waals surface area contributed by atoms with Crippen molar-refractivity contribution in [2.24, 2.45) is 11.7 Å². The highest BCUT2D eigenvalue weighted by Crippen LogP contribution is 2.36. The second kappa shape index (κ2) is 13.8. The Hall–Kier alpha value is -1.65. The van der Waals surface area contributed by atoms with Gasteiger partial charge in [-0.1, -0.05) is 52.3 Å². The van der Waals surface area contributed by atoms with E-state index in [0.717, 1.165) is 5.57 Å². The molecule has 0 saturated carbocycles. The first-order valence-electron chi connectivity index (χ1n) is 10.6. The van der Waals surface area contributed by atoms with E-state index in [1.165, 1.54) is 12.2 Å². The molecule has 0 amide bonds. The number of Topliss-reactive ketones (excluding diaryl/α,β-unsaturated/α-hetero) is 1. The minimum atomic E-state index is -0.812. The Balaban J connectivity index is 2.38. The highest BCUT2D eigenvalue weighted by atomic mass is 33.1. The van der Waals surface area contributed by atoms with Crippen LogP contribution in [0.5, 0.6) is 0 Å². The van der Waals surface area contributed by atoms with Gasteiger partial charge in [-0.25, -0.2) is 0 Å². The average Bonchev–Trinajstić information content (AvgIpc) is 2.73. The van der Waals surface area contributed by atoms with E-state index in [9.17, 15) is 9.90 Å². The Morgan fingerprint density at radius 1 is 1.34 bits per heavy atom. The van der Waals surface area contributed by atoms with Crippen molar-refractivity contribution >= 4 is 27.4 Å². The van der Waals surface area contributed by atoms with Crippen molar-refractivity contribution in [3.8, 4) is 24.2 Å². The fraction of sp³-hybridized carbons (Fsp3) is 0.542. The largest absolute Gasteiger partial charge is 0.396 e. The molecule has 5 atom stereocenters. The highest BCUT2D eigenvalue weighted by Gasteiger charge is 2.35. The second-order valence-electron chi connectivity index (χ2n) is 7.65. The third kappa shape index (κ3) is 8.04. The fourth-order valence-corrected chi connectivity index (χ4v) is 5.25. The molecule has 1 fully saturated rings. The molecule has 32 heavy (non-hydrogen) atoms. The van der Waals surface area contributed by atoms with E-state index in [-0.39, 0.29) is 30.1 Å². The Labute approximate surface area is 198 Å². The molecule has 1 heterocycles. The average molecular weight is 478 g/mol. The number of allylic oxidation sites excluding steroid dienone is 3. The maximum Gasteiger partial charge on any atom is 0.179 e. The van der Waals surface area contributed by atoms with E-state index in [0.29, 0.717) is 36.3 Å². The van der Waals surface area contributed by atoms with Crippen molar-refractivity contribution in [2.75, 3.05) is 18.1 Å². The maximum atomic E-state index is 12.6. The number of carbonyl (C=O) groups is 1. The van der Waals surface area contributed by atoms with Gasteiger partial charge in [0.25, 0.3) is 0 Å². The molecule has 0 spiro atoms. The van der Waals surface area contributed by atoms with Gasteiger partial charge in [0.1, 0.15) is 6.10 Å². The van der Waals surface area contributed by atoms with Gasteiger partial charge in [-0.3, -0.25) is 4.79 Å². The van der Waals surface area contributed by atoms with Gasteiger partial charge in [0, 0.05) is 29.9 Å². The summed E-state index contributed by atoms with van der Waals surface area (Å²) in [5.41, 5.74) is 7.89. The van der Waals surface area contributed by atoms with Crippen molar-refractivity contribution in [1.29, 1.82) is 0 Å². The molecule has 8 heteroatoms. The van der Waals surface area contributed by atoms with E-state index in [4.69, 9.17) is 26.7 Å². The number of nitrogens with two attached hydrogens (primary N) is 1. The van der Waals surface area contributed by atoms with Crippen LogP contribution in [-0.2, 0) is 14.3 Å². The number of ether oxygens (including phenoxy) is 2. The van der Waals surface area contributed by atoms with Crippen LogP contribution in [0.2, 0.25) is 0 Å². The van der Waals surface area contributed by atoms with Crippen molar-refractivity contribution in [2.45, 2.75) is 57.7 Å². The number of ketones is 1. The smallest absolute Gasteiger partial charge is 0.179 e. The summed E-state index contributed by atoms with van der Waals surface area (Å²) in [4.78, 5) is 12.6. The van der Waals surface area contributed by atoms with Gasteiger partial charge >= 0.3 is 0 Å². The van der Waals surface area contributed by atoms with E-state index in [1.807, 2.05) is 19.9 Å². The number of terminal acetylenes is 1. The Kier molecular flexibility index (Phi) is 11.5. The van der Waals surface area contributed by atoms with Crippen molar-refractivity contribution < 1.29 is 24.5 Å². The first-order chi connectivity index (χ1) is 15.4. The molecule has 2 aliphatic rings. The number of aliphatic hydroxyl groups is 2. The lowest BCUT2D eigenvalue weighted by Crippen LogP contribution is -2.39. The van der Waals surface area contributed by atoms with Crippen molar-refractivity contribution in [3.05, 3.63) is 35.1 Å². The standard InChI is InChI=1S/C24H31NO5S2/c1-4-5-6-7-8-21(30-22-15-18(27)14-17(3)29-22)23-19(9-11-31-32-12-10-26)16(2)13-20(28)24(23)25/h1,5-6,9,16-18,21-22,26-27H,10-15,25H2,2-3H3/b6-5-,19-9-/t16?,17?,18?,21-,22?/m0/s1. The number of hydrogen-bond donors (Lipinski definition) is 3. The quantitative estimate of drug-likeness (QED) is 0.279. The summed E-state index contributed by atoms with van der Waals surface area (Å²) in [6.45, 7) is 3.98. The van der Waals surface area contributed by atoms with Gasteiger partial charge in [-0.05, 0) is 37.0 Å². The van der Waals surface area contributed by atoms with Gasteiger partial charge in [0.2, 0.25) is 0 Å². The third-order valence-electron chi connectivity index (χ3n) is 5.03. The third-order valence-corrected chi connectivity index (χ3v) is 7.26. The lowest BCUT2D eigenvalue weighted by molar-refractivity contribution is -0.216. The highest BCUT2D eigenvalue weighted by molar-refractivity contribution is 8.76. The van der Waals surface area contributed by atoms with Crippen LogP contribution in [0.4, 0.5) is 0 Å². The lowest BCUT2D eigenvalue weighted by Gasteiger charge is -2.35. The lowest BCUT2D eigenvalue weighted by atomic mass is 9.80. The van der Waals surface area contributed by atoms with Gasteiger partial charge in [0.15, 0.2) is 12.1 Å². The minimum Gasteiger partial charge on any atom is -0.396 e. The molecule has 0 aromatic carbocycles. The topological polar surface area (TPSA) is 102 Å². The fourth-order valence-electron chi connectivity index (χ4n) is 3.64. The summed E-state index contributed by atoms with van der Waals surface area (Å²) >= 11 is 0. The predicted molar refractivity (Wildman–Crippen MR) is 130 cm³/mol. The summed E-state index contributed by atoms with van der Waals surface area (Å²) in [6.07, 6.45) is 9.30. The first-order valence-corrected chi connectivity index (χ1v) is 13.1. The van der Waals surface area contributed by atoms with Crippen molar-refractivity contribution in [1.82, 2.24) is 0 Å². The molecule has 0 aromatic rings. The maximum absolute atomic E-state index is 12.6. The van der Waals surface area contributed by atoms with Gasteiger partial charge in [-0.2, -0.15) is 0 Å². The molecule has 1 aliphatic heterocycles. The zero-order valence-electron chi connectivity index (χ0n) is 18.5. The normalized spacial score (nSPS) is 28.5. The van der Waals surface area contributed by atoms with E-state index < -0.39 is 18.5 Å². The summed E-state index contributed by atoms with van der Waals surface area (Å²) in [6, 6.07) is 0. The molecule has 0 bridgehead atoms.